The highest BCUT2D eigenvalue weighted by Crippen LogP contribution is 2.31. The van der Waals surface area contributed by atoms with Crippen molar-refractivity contribution in [2.75, 3.05) is 5.32 Å². The molecule has 0 saturated carbocycles. The van der Waals surface area contributed by atoms with Gasteiger partial charge in [0.25, 0.3) is 0 Å². The fraction of sp³-hybridized carbons (Fsp3) is 0.143. The summed E-state index contributed by atoms with van der Waals surface area (Å²) in [5, 5.41) is 12.3. The number of halogens is 2. The molecule has 0 aliphatic heterocycles. The van der Waals surface area contributed by atoms with Gasteiger partial charge in [0.05, 0.1) is 12.8 Å². The van der Waals surface area contributed by atoms with Gasteiger partial charge < -0.3 is 9.73 Å². The van der Waals surface area contributed by atoms with Crippen molar-refractivity contribution in [2.45, 2.75) is 16.6 Å². The Hall–Kier alpha value is -1.57. The van der Waals surface area contributed by atoms with Crippen LogP contribution in [0.3, 0.4) is 0 Å². The number of nitrogens with zero attached hydrogens (tertiary/aromatic N) is 2. The van der Waals surface area contributed by atoms with Gasteiger partial charge in [0.2, 0.25) is 5.13 Å². The highest BCUT2D eigenvalue weighted by molar-refractivity contribution is 8.00. The molecule has 0 saturated heterocycles. The first-order chi connectivity index (χ1) is 10.7. The predicted octanol–water partition coefficient (Wildman–Crippen LogP) is 4.83. The van der Waals surface area contributed by atoms with E-state index in [1.165, 1.54) is 29.2 Å². The van der Waals surface area contributed by atoms with Crippen LogP contribution >= 0.6 is 34.7 Å². The minimum atomic E-state index is -0.305. The van der Waals surface area contributed by atoms with Crippen LogP contribution in [0.1, 0.15) is 11.3 Å². The summed E-state index contributed by atoms with van der Waals surface area (Å²) < 4.78 is 19.7. The number of benzene rings is 1. The summed E-state index contributed by atoms with van der Waals surface area (Å²) in [6.07, 6.45) is 1.62. The molecule has 2 aromatic heterocycles. The molecule has 0 bridgehead atoms. The van der Waals surface area contributed by atoms with Crippen LogP contribution in [0.25, 0.3) is 0 Å². The maximum absolute atomic E-state index is 13.7. The van der Waals surface area contributed by atoms with E-state index in [1.807, 2.05) is 12.1 Å². The lowest BCUT2D eigenvalue weighted by molar-refractivity contribution is 0.518. The molecular weight excluding hydrogens is 345 g/mol. The Morgan fingerprint density at radius 2 is 2.18 bits per heavy atom. The highest BCUT2D eigenvalue weighted by Gasteiger charge is 2.10. The standard InChI is InChI=1S/C14H11ClFN3OS2/c15-11-4-1-5-12(16)10(11)8-21-14-19-18-13(22-14)17-7-9-3-2-6-20-9/h1-6H,7-8H2,(H,17,18). The van der Waals surface area contributed by atoms with Gasteiger partial charge in [-0.1, -0.05) is 40.8 Å². The van der Waals surface area contributed by atoms with Gasteiger partial charge in [0.15, 0.2) is 4.34 Å². The second kappa shape index (κ2) is 7.13. The van der Waals surface area contributed by atoms with Crippen molar-refractivity contribution >= 4 is 39.8 Å². The highest BCUT2D eigenvalue weighted by atomic mass is 35.5. The van der Waals surface area contributed by atoms with E-state index in [0.717, 1.165) is 10.1 Å². The maximum atomic E-state index is 13.7. The Morgan fingerprint density at radius 3 is 2.95 bits per heavy atom. The summed E-state index contributed by atoms with van der Waals surface area (Å²) in [5.41, 5.74) is 0.481. The SMILES string of the molecule is Fc1cccc(Cl)c1CSc1nnc(NCc2ccco2)s1. The third-order valence-electron chi connectivity index (χ3n) is 2.80. The van der Waals surface area contributed by atoms with Gasteiger partial charge in [-0.2, -0.15) is 0 Å². The first-order valence-corrected chi connectivity index (χ1v) is 8.56. The lowest BCUT2D eigenvalue weighted by atomic mass is 10.2. The fourth-order valence-corrected chi connectivity index (χ4v) is 3.81. The van der Waals surface area contributed by atoms with Crippen molar-refractivity contribution in [3.63, 3.8) is 0 Å². The van der Waals surface area contributed by atoms with Crippen molar-refractivity contribution in [2.24, 2.45) is 0 Å². The summed E-state index contributed by atoms with van der Waals surface area (Å²) in [5.74, 6) is 0.932. The van der Waals surface area contributed by atoms with Crippen molar-refractivity contribution < 1.29 is 8.81 Å². The first-order valence-electron chi connectivity index (χ1n) is 6.38. The van der Waals surface area contributed by atoms with Gasteiger partial charge in [-0.3, -0.25) is 0 Å². The molecule has 8 heteroatoms. The number of thioether (sulfide) groups is 1. The van der Waals surface area contributed by atoms with Crippen LogP contribution in [-0.2, 0) is 12.3 Å². The zero-order valence-electron chi connectivity index (χ0n) is 11.3. The topological polar surface area (TPSA) is 51.0 Å². The van der Waals surface area contributed by atoms with Crippen LogP contribution in [0, 0.1) is 5.82 Å². The quantitative estimate of drug-likeness (QED) is 0.642. The van der Waals surface area contributed by atoms with E-state index in [0.29, 0.717) is 28.0 Å². The Morgan fingerprint density at radius 1 is 1.27 bits per heavy atom. The predicted molar refractivity (Wildman–Crippen MR) is 86.9 cm³/mol. The van der Waals surface area contributed by atoms with Crippen LogP contribution in [-0.4, -0.2) is 10.2 Å². The lowest BCUT2D eigenvalue weighted by Crippen LogP contribution is -1.96. The third-order valence-corrected chi connectivity index (χ3v) is 5.20. The van der Waals surface area contributed by atoms with E-state index >= 15 is 0 Å². The summed E-state index contributed by atoms with van der Waals surface area (Å²) >= 11 is 8.81. The van der Waals surface area contributed by atoms with E-state index in [1.54, 1.807) is 18.4 Å². The van der Waals surface area contributed by atoms with Gasteiger partial charge in [0, 0.05) is 16.3 Å². The number of hydrogen-bond acceptors (Lipinski definition) is 6. The average Bonchev–Trinajstić information content (AvgIpc) is 3.16. The van der Waals surface area contributed by atoms with Gasteiger partial charge in [0.1, 0.15) is 11.6 Å². The molecule has 0 fully saturated rings. The second-order valence-electron chi connectivity index (χ2n) is 4.29. The number of aromatic nitrogens is 2. The number of anilines is 1. The summed E-state index contributed by atoms with van der Waals surface area (Å²) in [7, 11) is 0. The molecule has 3 aromatic rings. The molecule has 4 nitrogen and oxygen atoms in total. The molecule has 0 aliphatic rings. The van der Waals surface area contributed by atoms with E-state index in [2.05, 4.69) is 15.5 Å². The Labute approximate surface area is 139 Å². The molecule has 0 atom stereocenters. The number of furan rings is 1. The number of hydrogen-bond donors (Lipinski definition) is 1. The van der Waals surface area contributed by atoms with Crippen molar-refractivity contribution in [1.29, 1.82) is 0 Å². The van der Waals surface area contributed by atoms with Gasteiger partial charge in [-0.25, -0.2) is 4.39 Å². The van der Waals surface area contributed by atoms with Crippen LogP contribution < -0.4 is 5.32 Å². The van der Waals surface area contributed by atoms with Crippen molar-refractivity contribution in [3.8, 4) is 0 Å². The van der Waals surface area contributed by atoms with Crippen molar-refractivity contribution in [1.82, 2.24) is 10.2 Å². The molecule has 0 unspecified atom stereocenters. The molecule has 3 rings (SSSR count). The molecular formula is C14H11ClFN3OS2. The summed E-state index contributed by atoms with van der Waals surface area (Å²) in [4.78, 5) is 0. The molecule has 1 N–H and O–H groups in total. The van der Waals surface area contributed by atoms with Crippen LogP contribution in [0.2, 0.25) is 5.02 Å². The third kappa shape index (κ3) is 3.79. The largest absolute Gasteiger partial charge is 0.467 e. The van der Waals surface area contributed by atoms with Crippen LogP contribution in [0.5, 0.6) is 0 Å². The van der Waals surface area contributed by atoms with E-state index in [-0.39, 0.29) is 5.82 Å². The zero-order valence-corrected chi connectivity index (χ0v) is 13.6. The smallest absolute Gasteiger partial charge is 0.206 e. The molecule has 114 valence electrons. The Bertz CT molecular complexity index is 728. The monoisotopic (exact) mass is 355 g/mol. The van der Waals surface area contributed by atoms with E-state index < -0.39 is 0 Å². The molecule has 0 radical (unpaired) electrons. The van der Waals surface area contributed by atoms with Gasteiger partial charge >= 0.3 is 0 Å². The second-order valence-corrected chi connectivity index (χ2v) is 6.90. The van der Waals surface area contributed by atoms with Gasteiger partial charge in [-0.15, -0.1) is 10.2 Å². The lowest BCUT2D eigenvalue weighted by Gasteiger charge is -2.03. The van der Waals surface area contributed by atoms with Crippen LogP contribution in [0.4, 0.5) is 9.52 Å². The average molecular weight is 356 g/mol. The molecule has 0 spiro atoms. The van der Waals surface area contributed by atoms with Crippen LogP contribution in [0.15, 0.2) is 45.4 Å². The molecule has 1 aromatic carbocycles. The minimum absolute atomic E-state index is 0.305. The Balaban J connectivity index is 1.57. The zero-order chi connectivity index (χ0) is 15.4. The molecule has 0 amide bonds. The summed E-state index contributed by atoms with van der Waals surface area (Å²) in [6, 6.07) is 8.38. The summed E-state index contributed by atoms with van der Waals surface area (Å²) in [6.45, 7) is 0.547. The van der Waals surface area contributed by atoms with Gasteiger partial charge in [-0.05, 0) is 24.3 Å². The molecule has 22 heavy (non-hydrogen) atoms. The van der Waals surface area contributed by atoms with E-state index in [4.69, 9.17) is 16.0 Å². The maximum Gasteiger partial charge on any atom is 0.206 e. The first kappa shape index (κ1) is 15.3. The van der Waals surface area contributed by atoms with E-state index in [9.17, 15) is 4.39 Å². The molecule has 0 aliphatic carbocycles. The Kier molecular flexibility index (Phi) is 4.97. The number of nitrogens with one attached hydrogen (secondary N) is 1. The normalized spacial score (nSPS) is 10.8. The fourth-order valence-electron chi connectivity index (χ4n) is 1.72. The number of rotatable bonds is 6. The minimum Gasteiger partial charge on any atom is -0.467 e. The molecule has 2 heterocycles. The van der Waals surface area contributed by atoms with Crippen molar-refractivity contribution in [3.05, 3.63) is 58.8 Å².